The highest BCUT2D eigenvalue weighted by Crippen LogP contribution is 2.28. The number of pyridine rings is 1. The molecule has 10 heteroatoms. The minimum atomic E-state index is -0.128. The van der Waals surface area contributed by atoms with Gasteiger partial charge in [0.2, 0.25) is 0 Å². The first-order valence-electron chi connectivity index (χ1n) is 12.8. The van der Waals surface area contributed by atoms with Crippen LogP contribution in [0, 0.1) is 0 Å². The van der Waals surface area contributed by atoms with E-state index < -0.39 is 0 Å². The number of rotatable bonds is 10. The molecule has 0 radical (unpaired) electrons. The van der Waals surface area contributed by atoms with E-state index in [1.54, 1.807) is 22.0 Å². The molecule has 1 amide bonds. The van der Waals surface area contributed by atoms with Gasteiger partial charge >= 0.3 is 0 Å². The van der Waals surface area contributed by atoms with E-state index in [2.05, 4.69) is 41.4 Å². The zero-order valence-corrected chi connectivity index (χ0v) is 22.3. The van der Waals surface area contributed by atoms with Crippen molar-refractivity contribution in [1.82, 2.24) is 29.8 Å². The summed E-state index contributed by atoms with van der Waals surface area (Å²) in [4.78, 5) is 26.4. The van der Waals surface area contributed by atoms with Gasteiger partial charge in [-0.3, -0.25) is 9.69 Å². The molecule has 0 aromatic carbocycles. The van der Waals surface area contributed by atoms with Crippen molar-refractivity contribution in [3.8, 4) is 21.8 Å². The molecule has 1 saturated heterocycles. The van der Waals surface area contributed by atoms with Gasteiger partial charge in [0, 0.05) is 31.0 Å². The summed E-state index contributed by atoms with van der Waals surface area (Å²) in [5.74, 6) is 0.515. The fourth-order valence-electron chi connectivity index (χ4n) is 4.66. The van der Waals surface area contributed by atoms with Crippen molar-refractivity contribution in [2.45, 2.75) is 39.3 Å². The molecule has 2 unspecified atom stereocenters. The highest BCUT2D eigenvalue weighted by molar-refractivity contribution is 7.13. The minimum absolute atomic E-state index is 0.128. The van der Waals surface area contributed by atoms with Gasteiger partial charge in [0.1, 0.15) is 5.82 Å². The molecular formula is C27H33N7O2S. The maximum Gasteiger partial charge on any atom is 0.251 e. The summed E-state index contributed by atoms with van der Waals surface area (Å²) in [5, 5.41) is 13.1. The summed E-state index contributed by atoms with van der Waals surface area (Å²) in [6, 6.07) is 10.1. The Morgan fingerprint density at radius 2 is 2.11 bits per heavy atom. The van der Waals surface area contributed by atoms with Crippen LogP contribution in [0.5, 0.6) is 0 Å². The van der Waals surface area contributed by atoms with Crippen LogP contribution in [-0.4, -0.2) is 75.3 Å². The van der Waals surface area contributed by atoms with E-state index in [0.29, 0.717) is 35.9 Å². The molecule has 5 rings (SSSR count). The van der Waals surface area contributed by atoms with Crippen LogP contribution < -0.4 is 10.6 Å². The molecule has 2 N–H and O–H groups in total. The topological polar surface area (TPSA) is 96.7 Å². The monoisotopic (exact) mass is 519 g/mol. The van der Waals surface area contributed by atoms with Crippen LogP contribution in [0.25, 0.3) is 27.5 Å². The summed E-state index contributed by atoms with van der Waals surface area (Å²) >= 11 is 1.64. The van der Waals surface area contributed by atoms with E-state index in [0.717, 1.165) is 42.3 Å². The Hall–Kier alpha value is -3.34. The Bertz CT molecular complexity index is 1340. The third kappa shape index (κ3) is 5.66. The van der Waals surface area contributed by atoms with Crippen LogP contribution in [0.1, 0.15) is 37.6 Å². The Labute approximate surface area is 220 Å². The molecule has 4 aromatic rings. The van der Waals surface area contributed by atoms with Gasteiger partial charge in [0.15, 0.2) is 5.65 Å². The molecule has 5 heterocycles. The molecule has 0 saturated carbocycles. The Morgan fingerprint density at radius 1 is 1.24 bits per heavy atom. The molecular weight excluding hydrogens is 486 g/mol. The van der Waals surface area contributed by atoms with Crippen LogP contribution in [0.3, 0.4) is 0 Å². The highest BCUT2D eigenvalue weighted by atomic mass is 32.1. The van der Waals surface area contributed by atoms with Crippen molar-refractivity contribution < 1.29 is 9.53 Å². The zero-order chi connectivity index (χ0) is 25.8. The summed E-state index contributed by atoms with van der Waals surface area (Å²) in [6.45, 7) is 10.2. The average molecular weight is 520 g/mol. The molecule has 1 aliphatic rings. The smallest absolute Gasteiger partial charge is 0.251 e. The number of aromatic nitrogens is 4. The lowest BCUT2D eigenvalue weighted by atomic mass is 10.1. The van der Waals surface area contributed by atoms with Crippen LogP contribution in [0.2, 0.25) is 0 Å². The van der Waals surface area contributed by atoms with E-state index in [1.807, 2.05) is 41.9 Å². The van der Waals surface area contributed by atoms with Crippen molar-refractivity contribution in [2.24, 2.45) is 0 Å². The predicted molar refractivity (Wildman–Crippen MR) is 147 cm³/mol. The van der Waals surface area contributed by atoms with Crippen molar-refractivity contribution in [2.75, 3.05) is 38.2 Å². The normalized spacial score (nSPS) is 16.4. The van der Waals surface area contributed by atoms with E-state index in [-0.39, 0.29) is 18.0 Å². The zero-order valence-electron chi connectivity index (χ0n) is 21.5. The third-order valence-corrected chi connectivity index (χ3v) is 7.67. The Kier molecular flexibility index (Phi) is 7.78. The largest absolute Gasteiger partial charge is 0.379 e. The van der Waals surface area contributed by atoms with Crippen LogP contribution in [-0.2, 0) is 4.74 Å². The second-order valence-corrected chi connectivity index (χ2v) is 10.2. The lowest BCUT2D eigenvalue weighted by Gasteiger charge is -2.26. The number of hydrogen-bond donors (Lipinski definition) is 2. The summed E-state index contributed by atoms with van der Waals surface area (Å²) in [6.07, 6.45) is 4.56. The van der Waals surface area contributed by atoms with E-state index in [1.165, 1.54) is 0 Å². The van der Waals surface area contributed by atoms with Gasteiger partial charge in [-0.15, -0.1) is 11.3 Å². The van der Waals surface area contributed by atoms with Gasteiger partial charge in [-0.1, -0.05) is 19.9 Å². The first kappa shape index (κ1) is 25.3. The number of amides is 1. The standard InChI is InChI=1S/C27H33N7O2S/c1-4-33(5-2)18(3)15-28-27(35)19-13-23(31-25(14-19)30-20-9-11-36-17-20)21-16-29-34-10-8-22(32-26(21)34)24-7-6-12-37-24/h6-8,10,12-14,16,18,20H,4-5,9,11,15,17H2,1-3H3,(H,28,35)(H,30,31). The molecule has 0 aliphatic carbocycles. The number of anilines is 1. The van der Waals surface area contributed by atoms with Crippen LogP contribution in [0.4, 0.5) is 5.82 Å². The van der Waals surface area contributed by atoms with Gasteiger partial charge in [-0.25, -0.2) is 14.5 Å². The first-order chi connectivity index (χ1) is 18.1. The number of likely N-dealkylation sites (N-methyl/N-ethyl adjacent to an activating group) is 1. The molecule has 2 atom stereocenters. The fraction of sp³-hybridized carbons (Fsp3) is 0.407. The number of carbonyl (C=O) groups is 1. The number of thiophene rings is 1. The molecule has 1 aliphatic heterocycles. The number of ether oxygens (including phenoxy) is 1. The van der Waals surface area contributed by atoms with Crippen LogP contribution >= 0.6 is 11.3 Å². The third-order valence-electron chi connectivity index (χ3n) is 6.78. The van der Waals surface area contributed by atoms with Crippen molar-refractivity contribution in [3.63, 3.8) is 0 Å². The number of carbonyl (C=O) groups excluding carboxylic acids is 1. The molecule has 194 valence electrons. The van der Waals surface area contributed by atoms with Gasteiger partial charge in [-0.2, -0.15) is 5.10 Å². The second-order valence-electron chi connectivity index (χ2n) is 9.23. The molecule has 1 fully saturated rings. The maximum absolute atomic E-state index is 13.3. The minimum Gasteiger partial charge on any atom is -0.379 e. The number of nitrogens with zero attached hydrogens (tertiary/aromatic N) is 5. The number of nitrogens with one attached hydrogen (secondary N) is 2. The number of hydrogen-bond acceptors (Lipinski definition) is 8. The SMILES string of the molecule is CCN(CC)C(C)CNC(=O)c1cc(NC2CCOC2)nc(-c2cnn3ccc(-c4cccs4)nc23)c1. The van der Waals surface area contributed by atoms with Gasteiger partial charge < -0.3 is 15.4 Å². The van der Waals surface area contributed by atoms with Crippen molar-refractivity contribution in [3.05, 3.63) is 53.7 Å². The van der Waals surface area contributed by atoms with E-state index in [9.17, 15) is 4.79 Å². The van der Waals surface area contributed by atoms with Gasteiger partial charge in [0.25, 0.3) is 5.91 Å². The summed E-state index contributed by atoms with van der Waals surface area (Å²) in [7, 11) is 0. The number of fused-ring (bicyclic) bond motifs is 1. The second kappa shape index (κ2) is 11.4. The molecule has 4 aromatic heterocycles. The van der Waals surface area contributed by atoms with E-state index in [4.69, 9.17) is 14.7 Å². The van der Waals surface area contributed by atoms with Gasteiger partial charge in [-0.05, 0) is 56.1 Å². The lowest BCUT2D eigenvalue weighted by Crippen LogP contribution is -2.42. The summed E-state index contributed by atoms with van der Waals surface area (Å²) in [5.41, 5.74) is 3.55. The molecule has 37 heavy (non-hydrogen) atoms. The fourth-order valence-corrected chi connectivity index (χ4v) is 5.36. The predicted octanol–water partition coefficient (Wildman–Crippen LogP) is 4.18. The lowest BCUT2D eigenvalue weighted by molar-refractivity contribution is 0.0938. The van der Waals surface area contributed by atoms with Crippen molar-refractivity contribution in [1.29, 1.82) is 0 Å². The van der Waals surface area contributed by atoms with E-state index >= 15 is 0 Å². The van der Waals surface area contributed by atoms with Gasteiger partial charge in [0.05, 0.1) is 40.7 Å². The first-order valence-corrected chi connectivity index (χ1v) is 13.7. The molecule has 0 spiro atoms. The molecule has 9 nitrogen and oxygen atoms in total. The average Bonchev–Trinajstić information content (AvgIpc) is 3.69. The Morgan fingerprint density at radius 3 is 2.84 bits per heavy atom. The maximum atomic E-state index is 13.3. The molecule has 0 bridgehead atoms. The van der Waals surface area contributed by atoms with Crippen LogP contribution in [0.15, 0.2) is 48.1 Å². The van der Waals surface area contributed by atoms with Crippen molar-refractivity contribution >= 4 is 28.7 Å². The summed E-state index contributed by atoms with van der Waals surface area (Å²) < 4.78 is 7.27. The Balaban J connectivity index is 1.48. The quantitative estimate of drug-likeness (QED) is 0.324. The highest BCUT2D eigenvalue weighted by Gasteiger charge is 2.20.